The van der Waals surface area contributed by atoms with Gasteiger partial charge in [-0.1, -0.05) is 44.0 Å². The molecule has 0 spiro atoms. The van der Waals surface area contributed by atoms with Crippen molar-refractivity contribution >= 4 is 18.3 Å². The summed E-state index contributed by atoms with van der Waals surface area (Å²) in [5.74, 6) is 0.136. The van der Waals surface area contributed by atoms with Crippen molar-refractivity contribution in [2.45, 2.75) is 57.4 Å². The number of hydrogen-bond acceptors (Lipinski definition) is 2. The summed E-state index contributed by atoms with van der Waals surface area (Å²) in [4.78, 5) is 12.1. The second kappa shape index (κ2) is 8.40. The largest absolute Gasteiger partial charge is 0.349 e. The number of aryl methyl sites for hydroxylation is 2. The Morgan fingerprint density at radius 1 is 1.19 bits per heavy atom. The van der Waals surface area contributed by atoms with E-state index < -0.39 is 0 Å². The first-order chi connectivity index (χ1) is 9.67. The summed E-state index contributed by atoms with van der Waals surface area (Å²) in [6.45, 7) is 2.71. The van der Waals surface area contributed by atoms with Crippen LogP contribution in [0.15, 0.2) is 24.3 Å². The zero-order chi connectivity index (χ0) is 14.4. The molecule has 4 heteroatoms. The Bertz CT molecular complexity index is 439. The number of hydrogen-bond donors (Lipinski definition) is 2. The summed E-state index contributed by atoms with van der Waals surface area (Å²) in [6, 6.07) is 8.54. The van der Waals surface area contributed by atoms with E-state index in [1.807, 2.05) is 0 Å². The van der Waals surface area contributed by atoms with Crippen LogP contribution in [0.5, 0.6) is 0 Å². The van der Waals surface area contributed by atoms with Crippen molar-refractivity contribution in [3.05, 3.63) is 35.4 Å². The summed E-state index contributed by atoms with van der Waals surface area (Å²) >= 11 is 0. The lowest BCUT2D eigenvalue weighted by Gasteiger charge is -2.28. The molecule has 0 heterocycles. The quantitative estimate of drug-likeness (QED) is 0.848. The predicted octanol–water partition coefficient (Wildman–Crippen LogP) is 2.99. The van der Waals surface area contributed by atoms with Crippen molar-refractivity contribution in [2.75, 3.05) is 6.54 Å². The van der Waals surface area contributed by atoms with E-state index in [2.05, 4.69) is 36.5 Å². The third-order valence-electron chi connectivity index (χ3n) is 4.43. The van der Waals surface area contributed by atoms with E-state index in [9.17, 15) is 4.79 Å². The van der Waals surface area contributed by atoms with Gasteiger partial charge < -0.3 is 11.1 Å². The lowest BCUT2D eigenvalue weighted by atomic mass is 9.97. The fourth-order valence-corrected chi connectivity index (χ4v) is 2.99. The highest BCUT2D eigenvalue weighted by atomic mass is 35.5. The van der Waals surface area contributed by atoms with E-state index in [1.54, 1.807) is 0 Å². The number of amides is 1. The lowest BCUT2D eigenvalue weighted by Crippen LogP contribution is -2.51. The molecule has 0 aliphatic heterocycles. The van der Waals surface area contributed by atoms with Gasteiger partial charge in [0.2, 0.25) is 5.91 Å². The molecule has 3 N–H and O–H groups in total. The van der Waals surface area contributed by atoms with Crippen molar-refractivity contribution < 1.29 is 4.79 Å². The molecule has 0 atom stereocenters. The number of nitrogens with one attached hydrogen (secondary N) is 1. The topological polar surface area (TPSA) is 55.1 Å². The molecule has 3 nitrogen and oxygen atoms in total. The minimum Gasteiger partial charge on any atom is -0.349 e. The van der Waals surface area contributed by atoms with Gasteiger partial charge in [0, 0.05) is 13.0 Å². The molecule has 21 heavy (non-hydrogen) atoms. The zero-order valence-corrected chi connectivity index (χ0v) is 13.7. The maximum atomic E-state index is 12.1. The maximum Gasteiger partial charge on any atom is 0.220 e. The fourth-order valence-electron chi connectivity index (χ4n) is 2.99. The highest BCUT2D eigenvalue weighted by Gasteiger charge is 2.33. The first-order valence-corrected chi connectivity index (χ1v) is 7.76. The van der Waals surface area contributed by atoms with E-state index in [-0.39, 0.29) is 23.9 Å². The van der Waals surface area contributed by atoms with E-state index >= 15 is 0 Å². The fraction of sp³-hybridized carbons (Fsp3) is 0.588. The molecule has 0 aromatic heterocycles. The van der Waals surface area contributed by atoms with E-state index in [0.29, 0.717) is 13.0 Å². The van der Waals surface area contributed by atoms with Crippen LogP contribution in [-0.2, 0) is 17.6 Å². The number of nitrogens with two attached hydrogens (primary N) is 1. The van der Waals surface area contributed by atoms with Gasteiger partial charge in [0.1, 0.15) is 0 Å². The molecule has 118 valence electrons. The monoisotopic (exact) mass is 310 g/mol. The number of benzene rings is 1. The standard InChI is InChI=1S/C17H26N2O.ClH/c1-2-14-5-7-15(8-6-14)9-10-16(20)19-17(13-18)11-3-4-12-17;/h5-8H,2-4,9-13,18H2,1H3,(H,19,20);1H. The minimum absolute atomic E-state index is 0. The van der Waals surface area contributed by atoms with Crippen molar-refractivity contribution in [3.63, 3.8) is 0 Å². The predicted molar refractivity (Wildman–Crippen MR) is 89.8 cm³/mol. The molecule has 1 saturated carbocycles. The van der Waals surface area contributed by atoms with Gasteiger partial charge in [-0.05, 0) is 36.8 Å². The highest BCUT2D eigenvalue weighted by Crippen LogP contribution is 2.28. The van der Waals surface area contributed by atoms with Crippen molar-refractivity contribution in [1.29, 1.82) is 0 Å². The molecule has 1 aliphatic rings. The van der Waals surface area contributed by atoms with Crippen molar-refractivity contribution in [1.82, 2.24) is 5.32 Å². The van der Waals surface area contributed by atoms with Crippen LogP contribution in [-0.4, -0.2) is 18.0 Å². The van der Waals surface area contributed by atoms with Crippen LogP contribution in [0.25, 0.3) is 0 Å². The summed E-state index contributed by atoms with van der Waals surface area (Å²) in [5, 5.41) is 3.17. The molecule has 0 bridgehead atoms. The Balaban J connectivity index is 0.00000220. The van der Waals surface area contributed by atoms with E-state index in [1.165, 1.54) is 24.0 Å². The smallest absolute Gasteiger partial charge is 0.220 e. The van der Waals surface area contributed by atoms with Gasteiger partial charge in [-0.15, -0.1) is 12.4 Å². The van der Waals surface area contributed by atoms with E-state index in [4.69, 9.17) is 5.73 Å². The number of halogens is 1. The Hall–Kier alpha value is -1.06. The van der Waals surface area contributed by atoms with Crippen LogP contribution in [0.4, 0.5) is 0 Å². The van der Waals surface area contributed by atoms with Crippen LogP contribution in [0.1, 0.15) is 50.2 Å². The van der Waals surface area contributed by atoms with Gasteiger partial charge in [0.25, 0.3) is 0 Å². The first kappa shape index (κ1) is 18.0. The van der Waals surface area contributed by atoms with Gasteiger partial charge >= 0.3 is 0 Å². The number of carbonyl (C=O) groups excluding carboxylic acids is 1. The van der Waals surface area contributed by atoms with Crippen LogP contribution in [0, 0.1) is 0 Å². The molecular weight excluding hydrogens is 284 g/mol. The number of carbonyl (C=O) groups is 1. The maximum absolute atomic E-state index is 12.1. The Morgan fingerprint density at radius 3 is 2.29 bits per heavy atom. The average Bonchev–Trinajstić information content (AvgIpc) is 2.95. The van der Waals surface area contributed by atoms with Gasteiger partial charge in [0.15, 0.2) is 0 Å². The average molecular weight is 311 g/mol. The molecular formula is C17H27ClN2O. The molecule has 1 aliphatic carbocycles. The van der Waals surface area contributed by atoms with Gasteiger partial charge in [-0.25, -0.2) is 0 Å². The minimum atomic E-state index is -0.122. The summed E-state index contributed by atoms with van der Waals surface area (Å²) in [7, 11) is 0. The Morgan fingerprint density at radius 2 is 1.76 bits per heavy atom. The lowest BCUT2D eigenvalue weighted by molar-refractivity contribution is -0.122. The summed E-state index contributed by atoms with van der Waals surface area (Å²) < 4.78 is 0. The second-order valence-corrected chi connectivity index (χ2v) is 5.91. The van der Waals surface area contributed by atoms with E-state index in [0.717, 1.165) is 25.7 Å². The van der Waals surface area contributed by atoms with Crippen molar-refractivity contribution in [2.24, 2.45) is 5.73 Å². The van der Waals surface area contributed by atoms with Gasteiger partial charge in [0.05, 0.1) is 5.54 Å². The SMILES string of the molecule is CCc1ccc(CCC(=O)NC2(CN)CCCC2)cc1.Cl. The third kappa shape index (κ3) is 5.01. The normalized spacial score (nSPS) is 16.3. The summed E-state index contributed by atoms with van der Waals surface area (Å²) in [6.07, 6.45) is 6.82. The summed E-state index contributed by atoms with van der Waals surface area (Å²) in [5.41, 5.74) is 8.29. The first-order valence-electron chi connectivity index (χ1n) is 7.76. The molecule has 1 fully saturated rings. The van der Waals surface area contributed by atoms with Crippen LogP contribution >= 0.6 is 12.4 Å². The Labute approximate surface area is 134 Å². The molecule has 2 rings (SSSR count). The molecule has 1 amide bonds. The van der Waals surface area contributed by atoms with Gasteiger partial charge in [-0.2, -0.15) is 0 Å². The van der Waals surface area contributed by atoms with Crippen molar-refractivity contribution in [3.8, 4) is 0 Å². The number of rotatable bonds is 6. The van der Waals surface area contributed by atoms with Crippen LogP contribution in [0.2, 0.25) is 0 Å². The van der Waals surface area contributed by atoms with Gasteiger partial charge in [-0.3, -0.25) is 4.79 Å². The third-order valence-corrected chi connectivity index (χ3v) is 4.43. The Kier molecular flexibility index (Phi) is 7.20. The second-order valence-electron chi connectivity index (χ2n) is 5.91. The zero-order valence-electron chi connectivity index (χ0n) is 12.9. The molecule has 0 radical (unpaired) electrons. The molecule has 0 saturated heterocycles. The highest BCUT2D eigenvalue weighted by molar-refractivity contribution is 5.85. The van der Waals surface area contributed by atoms with Crippen LogP contribution in [0.3, 0.4) is 0 Å². The molecule has 0 unspecified atom stereocenters. The molecule has 1 aromatic carbocycles. The molecule has 1 aromatic rings. The van der Waals surface area contributed by atoms with Crippen LogP contribution < -0.4 is 11.1 Å².